The molecule has 2 aliphatic rings. The second-order valence-electron chi connectivity index (χ2n) is 5.86. The molecule has 0 bridgehead atoms. The Balaban J connectivity index is 1.75. The number of halogens is 2. The van der Waals surface area contributed by atoms with Gasteiger partial charge < -0.3 is 9.84 Å². The number of ether oxygens (including phenoxy) is 1. The first-order valence-electron chi connectivity index (χ1n) is 7.45. The normalized spacial score (nSPS) is 30.7. The lowest BCUT2D eigenvalue weighted by Crippen LogP contribution is -2.50. The van der Waals surface area contributed by atoms with Crippen molar-refractivity contribution >= 4 is 23.2 Å². The molecule has 21 heavy (non-hydrogen) atoms. The Morgan fingerprint density at radius 1 is 1.38 bits per heavy atom. The fraction of sp³-hybridized carbons (Fsp3) is 0.667. The molecule has 1 aliphatic carbocycles. The summed E-state index contributed by atoms with van der Waals surface area (Å²) in [4.78, 5) is 6.68. The minimum Gasteiger partial charge on any atom is -0.393 e. The van der Waals surface area contributed by atoms with Crippen LogP contribution in [0.3, 0.4) is 0 Å². The second-order valence-corrected chi connectivity index (χ2v) is 6.70. The van der Waals surface area contributed by atoms with Gasteiger partial charge in [-0.25, -0.2) is 0 Å². The molecule has 116 valence electrons. The summed E-state index contributed by atoms with van der Waals surface area (Å²) in [5, 5.41) is 11.3. The van der Waals surface area contributed by atoms with Gasteiger partial charge in [0.05, 0.1) is 35.1 Å². The SMILES string of the molecule is O[C@@H]1CCC[C@@H]1[C@@H]1COCCN1Cc1ncc(Cl)cc1Cl. The maximum Gasteiger partial charge on any atom is 0.0731 e. The van der Waals surface area contributed by atoms with Crippen molar-refractivity contribution in [2.75, 3.05) is 19.8 Å². The number of hydrogen-bond donors (Lipinski definition) is 1. The molecule has 1 saturated carbocycles. The number of pyridine rings is 1. The summed E-state index contributed by atoms with van der Waals surface area (Å²) in [5.74, 6) is 0.288. The van der Waals surface area contributed by atoms with Crippen molar-refractivity contribution in [1.82, 2.24) is 9.88 Å². The molecule has 1 aromatic rings. The molecule has 6 heteroatoms. The maximum atomic E-state index is 10.2. The van der Waals surface area contributed by atoms with Crippen LogP contribution >= 0.6 is 23.2 Å². The highest BCUT2D eigenvalue weighted by molar-refractivity contribution is 6.34. The molecule has 2 fully saturated rings. The number of nitrogens with zero attached hydrogens (tertiary/aromatic N) is 2. The van der Waals surface area contributed by atoms with Crippen LogP contribution in [-0.4, -0.2) is 46.9 Å². The summed E-state index contributed by atoms with van der Waals surface area (Å²) in [6, 6.07) is 1.97. The molecule has 0 unspecified atom stereocenters. The summed E-state index contributed by atoms with van der Waals surface area (Å²) in [6.45, 7) is 2.90. The zero-order valence-corrected chi connectivity index (χ0v) is 13.4. The predicted molar refractivity (Wildman–Crippen MR) is 82.6 cm³/mol. The molecule has 1 aliphatic heterocycles. The van der Waals surface area contributed by atoms with Gasteiger partial charge in [-0.2, -0.15) is 0 Å². The van der Waals surface area contributed by atoms with Gasteiger partial charge in [-0.1, -0.05) is 29.6 Å². The minimum absolute atomic E-state index is 0.215. The first kappa shape index (κ1) is 15.5. The highest BCUT2D eigenvalue weighted by atomic mass is 35.5. The van der Waals surface area contributed by atoms with E-state index < -0.39 is 0 Å². The molecule has 2 heterocycles. The molecule has 0 spiro atoms. The molecule has 3 rings (SSSR count). The average Bonchev–Trinajstić information content (AvgIpc) is 2.89. The highest BCUT2D eigenvalue weighted by Gasteiger charge is 2.37. The summed E-state index contributed by atoms with van der Waals surface area (Å²) in [5.41, 5.74) is 0.834. The third-order valence-electron chi connectivity index (χ3n) is 4.54. The molecule has 1 N–H and O–H groups in total. The van der Waals surface area contributed by atoms with Gasteiger partial charge in [0.25, 0.3) is 0 Å². The molecular formula is C15H20Cl2N2O2. The quantitative estimate of drug-likeness (QED) is 0.925. The van der Waals surface area contributed by atoms with Crippen LogP contribution < -0.4 is 0 Å². The van der Waals surface area contributed by atoms with Crippen molar-refractivity contribution in [3.8, 4) is 0 Å². The van der Waals surface area contributed by atoms with Crippen molar-refractivity contribution < 1.29 is 9.84 Å². The number of rotatable bonds is 3. The monoisotopic (exact) mass is 330 g/mol. The predicted octanol–water partition coefficient (Wildman–Crippen LogP) is 2.75. The van der Waals surface area contributed by atoms with Crippen molar-refractivity contribution in [1.29, 1.82) is 0 Å². The van der Waals surface area contributed by atoms with Crippen LogP contribution in [0.25, 0.3) is 0 Å². The highest BCUT2D eigenvalue weighted by Crippen LogP contribution is 2.33. The summed E-state index contributed by atoms with van der Waals surface area (Å²) < 4.78 is 5.63. The van der Waals surface area contributed by atoms with Crippen LogP contribution in [0.15, 0.2) is 12.3 Å². The van der Waals surface area contributed by atoms with E-state index in [0.29, 0.717) is 29.8 Å². The van der Waals surface area contributed by atoms with E-state index >= 15 is 0 Å². The fourth-order valence-electron chi connectivity index (χ4n) is 3.42. The lowest BCUT2D eigenvalue weighted by Gasteiger charge is -2.40. The summed E-state index contributed by atoms with van der Waals surface area (Å²) in [6.07, 6.45) is 4.47. The van der Waals surface area contributed by atoms with Gasteiger partial charge in [0.2, 0.25) is 0 Å². The van der Waals surface area contributed by atoms with Crippen LogP contribution in [0.5, 0.6) is 0 Å². The van der Waals surface area contributed by atoms with Crippen LogP contribution in [-0.2, 0) is 11.3 Å². The standard InChI is InChI=1S/C15H20Cl2N2O2/c16-10-6-12(17)13(18-7-10)8-19-4-5-21-9-14(19)11-2-1-3-15(11)20/h6-7,11,14-15,20H,1-5,8-9H2/t11-,14+,15-/m1/s1. The van der Waals surface area contributed by atoms with Crippen LogP contribution in [0.2, 0.25) is 10.0 Å². The molecule has 0 radical (unpaired) electrons. The third kappa shape index (κ3) is 3.51. The van der Waals surface area contributed by atoms with Gasteiger partial charge >= 0.3 is 0 Å². The van der Waals surface area contributed by atoms with Crippen LogP contribution in [0.4, 0.5) is 0 Å². The molecule has 1 aromatic heterocycles. The Morgan fingerprint density at radius 2 is 2.24 bits per heavy atom. The Labute approximate surface area is 135 Å². The zero-order chi connectivity index (χ0) is 14.8. The molecular weight excluding hydrogens is 311 g/mol. The first-order valence-corrected chi connectivity index (χ1v) is 8.20. The topological polar surface area (TPSA) is 45.6 Å². The fourth-order valence-corrected chi connectivity index (χ4v) is 3.86. The number of morpholine rings is 1. The number of aliphatic hydroxyl groups is 1. The molecule has 0 amide bonds. The van der Waals surface area contributed by atoms with Gasteiger partial charge in [0, 0.05) is 31.2 Å². The van der Waals surface area contributed by atoms with Crippen molar-refractivity contribution in [2.45, 2.75) is 38.0 Å². The van der Waals surface area contributed by atoms with Crippen molar-refractivity contribution in [3.63, 3.8) is 0 Å². The minimum atomic E-state index is -0.215. The maximum absolute atomic E-state index is 10.2. The van der Waals surface area contributed by atoms with Gasteiger partial charge in [-0.05, 0) is 18.9 Å². The van der Waals surface area contributed by atoms with E-state index in [1.165, 1.54) is 0 Å². The smallest absolute Gasteiger partial charge is 0.0731 e. The first-order chi connectivity index (χ1) is 10.1. The van der Waals surface area contributed by atoms with E-state index in [1.54, 1.807) is 12.3 Å². The van der Waals surface area contributed by atoms with E-state index in [0.717, 1.165) is 31.5 Å². The molecule has 0 aromatic carbocycles. The Morgan fingerprint density at radius 3 is 2.95 bits per heavy atom. The number of hydrogen-bond acceptors (Lipinski definition) is 4. The van der Waals surface area contributed by atoms with Gasteiger partial charge in [0.1, 0.15) is 0 Å². The lowest BCUT2D eigenvalue weighted by atomic mass is 9.94. The zero-order valence-electron chi connectivity index (χ0n) is 11.8. The average molecular weight is 331 g/mol. The van der Waals surface area contributed by atoms with Gasteiger partial charge in [-0.3, -0.25) is 9.88 Å². The lowest BCUT2D eigenvalue weighted by molar-refractivity contribution is -0.0540. The van der Waals surface area contributed by atoms with E-state index in [9.17, 15) is 5.11 Å². The van der Waals surface area contributed by atoms with Gasteiger partial charge in [-0.15, -0.1) is 0 Å². The van der Waals surface area contributed by atoms with E-state index in [-0.39, 0.29) is 18.1 Å². The van der Waals surface area contributed by atoms with Crippen molar-refractivity contribution in [3.05, 3.63) is 28.0 Å². The van der Waals surface area contributed by atoms with Crippen molar-refractivity contribution in [2.24, 2.45) is 5.92 Å². The number of aliphatic hydroxyl groups excluding tert-OH is 1. The van der Waals surface area contributed by atoms with Crippen LogP contribution in [0.1, 0.15) is 25.0 Å². The Hall–Kier alpha value is -0.390. The second kappa shape index (κ2) is 6.80. The summed E-state index contributed by atoms with van der Waals surface area (Å²) >= 11 is 12.1. The van der Waals surface area contributed by atoms with E-state index in [2.05, 4.69) is 9.88 Å². The summed E-state index contributed by atoms with van der Waals surface area (Å²) in [7, 11) is 0. The van der Waals surface area contributed by atoms with E-state index in [4.69, 9.17) is 27.9 Å². The Kier molecular flexibility index (Phi) is 5.02. The third-order valence-corrected chi connectivity index (χ3v) is 5.08. The van der Waals surface area contributed by atoms with E-state index in [1.807, 2.05) is 0 Å². The number of aromatic nitrogens is 1. The van der Waals surface area contributed by atoms with Gasteiger partial charge in [0.15, 0.2) is 0 Å². The molecule has 1 saturated heterocycles. The molecule has 4 nitrogen and oxygen atoms in total. The largest absolute Gasteiger partial charge is 0.393 e. The van der Waals surface area contributed by atoms with Crippen LogP contribution in [0, 0.1) is 5.92 Å². The Bertz CT molecular complexity index is 501. The molecule has 3 atom stereocenters.